The topological polar surface area (TPSA) is 24.5 Å². The predicted molar refractivity (Wildman–Crippen MR) is 92.7 cm³/mol. The fourth-order valence-electron chi connectivity index (χ4n) is 2.99. The minimum Gasteiger partial charge on any atom is -0.485 e. The average molecular weight is 316 g/mol. The van der Waals surface area contributed by atoms with Gasteiger partial charge < -0.3 is 15.0 Å². The van der Waals surface area contributed by atoms with E-state index in [-0.39, 0.29) is 6.10 Å². The van der Waals surface area contributed by atoms with Gasteiger partial charge in [0.15, 0.2) is 0 Å². The highest BCUT2D eigenvalue weighted by atomic mass is 32.1. The Hall–Kier alpha value is -1.36. The van der Waals surface area contributed by atoms with E-state index < -0.39 is 0 Å². The minimum absolute atomic E-state index is 0.138. The van der Waals surface area contributed by atoms with E-state index in [0.717, 1.165) is 38.2 Å². The van der Waals surface area contributed by atoms with E-state index in [9.17, 15) is 0 Å². The van der Waals surface area contributed by atoms with Gasteiger partial charge in [0.25, 0.3) is 0 Å². The lowest BCUT2D eigenvalue weighted by atomic mass is 9.99. The van der Waals surface area contributed by atoms with E-state index >= 15 is 0 Å². The van der Waals surface area contributed by atoms with E-state index in [1.807, 2.05) is 7.05 Å². The number of hydrogen-bond donors (Lipinski definition) is 1. The summed E-state index contributed by atoms with van der Waals surface area (Å²) in [6.45, 7) is 3.08. The van der Waals surface area contributed by atoms with Crippen LogP contribution in [0.5, 0.6) is 5.75 Å². The molecule has 1 aliphatic heterocycles. The highest BCUT2D eigenvalue weighted by Gasteiger charge is 2.20. The van der Waals surface area contributed by atoms with E-state index in [0.29, 0.717) is 0 Å². The molecule has 0 bridgehead atoms. The van der Waals surface area contributed by atoms with Gasteiger partial charge in [0.2, 0.25) is 0 Å². The first-order chi connectivity index (χ1) is 10.8. The number of fused-ring (bicyclic) bond motifs is 1. The highest BCUT2D eigenvalue weighted by Crippen LogP contribution is 2.33. The van der Waals surface area contributed by atoms with E-state index in [1.54, 1.807) is 11.3 Å². The van der Waals surface area contributed by atoms with Gasteiger partial charge >= 0.3 is 0 Å². The van der Waals surface area contributed by atoms with Crippen LogP contribution in [0.3, 0.4) is 0 Å². The Morgan fingerprint density at radius 1 is 1.32 bits per heavy atom. The molecule has 2 heterocycles. The third kappa shape index (κ3) is 3.51. The molecule has 0 aliphatic carbocycles. The molecule has 4 heteroatoms. The fraction of sp³-hybridized carbons (Fsp3) is 0.444. The summed E-state index contributed by atoms with van der Waals surface area (Å²) in [6, 6.07) is 10.8. The first-order valence-electron chi connectivity index (χ1n) is 7.92. The minimum atomic E-state index is 0.138. The predicted octanol–water partition coefficient (Wildman–Crippen LogP) is 3.47. The van der Waals surface area contributed by atoms with Crippen molar-refractivity contribution in [3.8, 4) is 5.75 Å². The van der Waals surface area contributed by atoms with Crippen LogP contribution in [0.4, 0.5) is 0 Å². The van der Waals surface area contributed by atoms with Crippen LogP contribution in [0, 0.1) is 0 Å². The molecule has 1 aliphatic rings. The average Bonchev–Trinajstić information content (AvgIpc) is 3.05. The number of nitrogens with zero attached hydrogens (tertiary/aromatic N) is 1. The lowest BCUT2D eigenvalue weighted by Crippen LogP contribution is -2.27. The summed E-state index contributed by atoms with van der Waals surface area (Å²) in [6.07, 6.45) is 2.20. The van der Waals surface area contributed by atoms with Crippen molar-refractivity contribution in [2.24, 2.45) is 0 Å². The van der Waals surface area contributed by atoms with Crippen LogP contribution >= 0.6 is 11.3 Å². The van der Waals surface area contributed by atoms with Gasteiger partial charge in [0.1, 0.15) is 11.9 Å². The van der Waals surface area contributed by atoms with Crippen molar-refractivity contribution in [2.75, 3.05) is 27.2 Å². The molecule has 1 aromatic heterocycles. The number of benzene rings is 1. The summed E-state index contributed by atoms with van der Waals surface area (Å²) in [5.41, 5.74) is 2.80. The SMILES string of the molecule is CNCC[C@H](Oc1cccc2c1CCN(C)C2)c1cccs1. The van der Waals surface area contributed by atoms with Crippen LogP contribution in [0.25, 0.3) is 0 Å². The van der Waals surface area contributed by atoms with Gasteiger partial charge in [-0.2, -0.15) is 0 Å². The van der Waals surface area contributed by atoms with Crippen LogP contribution < -0.4 is 10.1 Å². The Morgan fingerprint density at radius 3 is 3.00 bits per heavy atom. The molecule has 2 aromatic rings. The summed E-state index contributed by atoms with van der Waals surface area (Å²) in [7, 11) is 4.17. The molecule has 1 aromatic carbocycles. The fourth-order valence-corrected chi connectivity index (χ4v) is 3.78. The van der Waals surface area contributed by atoms with Crippen molar-refractivity contribution in [3.05, 3.63) is 51.7 Å². The smallest absolute Gasteiger partial charge is 0.134 e. The molecule has 1 atom stereocenters. The van der Waals surface area contributed by atoms with Gasteiger partial charge in [-0.15, -0.1) is 11.3 Å². The van der Waals surface area contributed by atoms with Crippen LogP contribution in [0.2, 0.25) is 0 Å². The summed E-state index contributed by atoms with van der Waals surface area (Å²) in [4.78, 5) is 3.67. The maximum Gasteiger partial charge on any atom is 0.134 e. The van der Waals surface area contributed by atoms with Crippen LogP contribution in [-0.4, -0.2) is 32.1 Å². The van der Waals surface area contributed by atoms with E-state index in [1.165, 1.54) is 16.0 Å². The molecule has 0 saturated heterocycles. The molecular formula is C18H24N2OS. The van der Waals surface area contributed by atoms with Gasteiger partial charge in [-0.05, 0) is 55.7 Å². The van der Waals surface area contributed by atoms with Gasteiger partial charge in [-0.3, -0.25) is 0 Å². The van der Waals surface area contributed by atoms with Crippen molar-refractivity contribution in [1.29, 1.82) is 0 Å². The van der Waals surface area contributed by atoms with Crippen LogP contribution in [0.1, 0.15) is 28.5 Å². The number of ether oxygens (including phenoxy) is 1. The Kier molecular flexibility index (Phi) is 5.13. The second-order valence-electron chi connectivity index (χ2n) is 5.90. The van der Waals surface area contributed by atoms with Gasteiger partial charge in [0, 0.05) is 24.4 Å². The Labute approximate surface area is 136 Å². The Bertz CT molecular complexity index is 597. The second kappa shape index (κ2) is 7.27. The lowest BCUT2D eigenvalue weighted by Gasteiger charge is -2.28. The third-order valence-electron chi connectivity index (χ3n) is 4.20. The van der Waals surface area contributed by atoms with Crippen molar-refractivity contribution in [3.63, 3.8) is 0 Å². The standard InChI is InChI=1S/C18H24N2OS/c1-19-10-8-17(18-7-4-12-22-18)21-16-6-3-5-14-13-20(2)11-9-15(14)16/h3-7,12,17,19H,8-11,13H2,1-2H3/t17-/m0/s1. The third-order valence-corrected chi connectivity index (χ3v) is 5.16. The van der Waals surface area contributed by atoms with Gasteiger partial charge in [0.05, 0.1) is 0 Å². The molecular weight excluding hydrogens is 292 g/mol. The molecule has 3 rings (SSSR count). The molecule has 0 saturated carbocycles. The number of likely N-dealkylation sites (N-methyl/N-ethyl adjacent to an activating group) is 1. The molecule has 118 valence electrons. The lowest BCUT2D eigenvalue weighted by molar-refractivity contribution is 0.194. The Balaban J connectivity index is 1.82. The molecule has 3 nitrogen and oxygen atoms in total. The normalized spacial score (nSPS) is 16.3. The van der Waals surface area contributed by atoms with Crippen LogP contribution in [-0.2, 0) is 13.0 Å². The zero-order valence-electron chi connectivity index (χ0n) is 13.3. The van der Waals surface area contributed by atoms with Crippen molar-refractivity contribution < 1.29 is 4.74 Å². The molecule has 0 radical (unpaired) electrons. The number of nitrogens with one attached hydrogen (secondary N) is 1. The number of thiophene rings is 1. The first-order valence-corrected chi connectivity index (χ1v) is 8.80. The zero-order chi connectivity index (χ0) is 15.4. The summed E-state index contributed by atoms with van der Waals surface area (Å²) in [5, 5.41) is 5.36. The summed E-state index contributed by atoms with van der Waals surface area (Å²) in [5.74, 6) is 1.07. The number of hydrogen-bond acceptors (Lipinski definition) is 4. The van der Waals surface area contributed by atoms with Gasteiger partial charge in [-0.1, -0.05) is 18.2 Å². The molecule has 22 heavy (non-hydrogen) atoms. The molecule has 1 N–H and O–H groups in total. The molecule has 0 fully saturated rings. The Morgan fingerprint density at radius 2 is 2.23 bits per heavy atom. The summed E-state index contributed by atoms with van der Waals surface area (Å²) < 4.78 is 6.45. The quantitative estimate of drug-likeness (QED) is 0.883. The largest absolute Gasteiger partial charge is 0.485 e. The maximum absolute atomic E-state index is 6.45. The summed E-state index contributed by atoms with van der Waals surface area (Å²) >= 11 is 1.78. The number of rotatable bonds is 6. The monoisotopic (exact) mass is 316 g/mol. The van der Waals surface area contributed by atoms with Gasteiger partial charge in [-0.25, -0.2) is 0 Å². The maximum atomic E-state index is 6.45. The first kappa shape index (κ1) is 15.5. The van der Waals surface area contributed by atoms with E-state index in [4.69, 9.17) is 4.74 Å². The molecule has 0 unspecified atom stereocenters. The highest BCUT2D eigenvalue weighted by molar-refractivity contribution is 7.10. The van der Waals surface area contributed by atoms with E-state index in [2.05, 4.69) is 53.0 Å². The van der Waals surface area contributed by atoms with Crippen molar-refractivity contribution >= 4 is 11.3 Å². The van der Waals surface area contributed by atoms with Crippen molar-refractivity contribution in [2.45, 2.75) is 25.5 Å². The molecule has 0 amide bonds. The molecule has 0 spiro atoms. The van der Waals surface area contributed by atoms with Crippen LogP contribution in [0.15, 0.2) is 35.7 Å². The second-order valence-corrected chi connectivity index (χ2v) is 6.88. The zero-order valence-corrected chi connectivity index (χ0v) is 14.2. The van der Waals surface area contributed by atoms with Crippen molar-refractivity contribution in [1.82, 2.24) is 10.2 Å².